The van der Waals surface area contributed by atoms with Crippen molar-refractivity contribution in [3.63, 3.8) is 0 Å². The maximum Gasteiger partial charge on any atom is 0.258 e. The predicted molar refractivity (Wildman–Crippen MR) is 107 cm³/mol. The first kappa shape index (κ1) is 19.6. The number of ketones is 1. The lowest BCUT2D eigenvalue weighted by molar-refractivity contribution is -0.129. The number of phenolic OH excluding ortho intramolecular Hbond substituents is 1. The third kappa shape index (κ3) is 3.76. The lowest BCUT2D eigenvalue weighted by Crippen LogP contribution is -2.41. The Morgan fingerprint density at radius 3 is 1.89 bits per heavy atom. The number of amides is 2. The van der Waals surface area contributed by atoms with Gasteiger partial charge in [-0.2, -0.15) is 0 Å². The maximum absolute atomic E-state index is 13.1. The number of Topliss-reactive ketones (excluding diaryl/α,β-unsaturated/α-hetero) is 1. The van der Waals surface area contributed by atoms with Gasteiger partial charge in [0.25, 0.3) is 11.8 Å². The molecule has 1 aliphatic rings. The number of nitrogens with zero attached hydrogens (tertiary/aromatic N) is 2. The third-order valence-electron chi connectivity index (χ3n) is 4.81. The molecule has 3 rings (SSSR count). The van der Waals surface area contributed by atoms with E-state index in [1.807, 2.05) is 26.8 Å². The van der Waals surface area contributed by atoms with Crippen LogP contribution in [0.2, 0.25) is 0 Å². The molecule has 1 unspecified atom stereocenters. The highest BCUT2D eigenvalue weighted by molar-refractivity contribution is 6.23. The number of phenols is 1. The number of anilines is 2. The Kier molecular flexibility index (Phi) is 5.23. The number of hydrogen-bond donors (Lipinski definition) is 1. The van der Waals surface area contributed by atoms with E-state index in [1.54, 1.807) is 36.4 Å². The zero-order valence-corrected chi connectivity index (χ0v) is 16.3. The Bertz CT molecular complexity index is 885. The molecule has 1 fully saturated rings. The van der Waals surface area contributed by atoms with E-state index >= 15 is 0 Å². The fourth-order valence-corrected chi connectivity index (χ4v) is 3.14. The van der Waals surface area contributed by atoms with Crippen molar-refractivity contribution in [1.29, 1.82) is 0 Å². The first-order valence-electron chi connectivity index (χ1n) is 9.25. The monoisotopic (exact) mass is 380 g/mol. The average molecular weight is 380 g/mol. The molecule has 1 N–H and O–H groups in total. The van der Waals surface area contributed by atoms with Gasteiger partial charge in [-0.3, -0.25) is 14.4 Å². The van der Waals surface area contributed by atoms with Crippen LogP contribution in [0.5, 0.6) is 5.75 Å². The molecule has 28 heavy (non-hydrogen) atoms. The Morgan fingerprint density at radius 2 is 1.39 bits per heavy atom. The van der Waals surface area contributed by atoms with Gasteiger partial charge in [0.05, 0.1) is 11.4 Å². The zero-order chi connectivity index (χ0) is 20.5. The Balaban J connectivity index is 1.94. The number of benzene rings is 2. The number of para-hydroxylation sites is 1. The molecule has 0 bridgehead atoms. The molecule has 2 amide bonds. The molecule has 0 spiro atoms. The number of carbonyl (C=O) groups is 3. The standard InChI is InChI=1S/C22H24N2O4/c1-22(2,3)19(26)14-13-18-20(27)23(15-7-5-4-6-8-15)24(21(18)28)16-9-11-17(25)12-10-16/h4-12,18,25H,13-14H2,1-3H3. The van der Waals surface area contributed by atoms with Gasteiger partial charge >= 0.3 is 0 Å². The second kappa shape index (κ2) is 7.46. The maximum atomic E-state index is 13.1. The molecule has 146 valence electrons. The van der Waals surface area contributed by atoms with Crippen LogP contribution in [0.25, 0.3) is 0 Å². The second-order valence-electron chi connectivity index (χ2n) is 7.92. The molecule has 6 nitrogen and oxygen atoms in total. The predicted octanol–water partition coefficient (Wildman–Crippen LogP) is 3.70. The first-order chi connectivity index (χ1) is 13.2. The van der Waals surface area contributed by atoms with Crippen molar-refractivity contribution in [1.82, 2.24) is 0 Å². The summed E-state index contributed by atoms with van der Waals surface area (Å²) in [6.07, 6.45) is 0.337. The van der Waals surface area contributed by atoms with Gasteiger partial charge in [0.15, 0.2) is 0 Å². The molecule has 1 aliphatic heterocycles. The van der Waals surface area contributed by atoms with Gasteiger partial charge in [0.1, 0.15) is 17.5 Å². The Hall–Kier alpha value is -3.15. The summed E-state index contributed by atoms with van der Waals surface area (Å²) < 4.78 is 0. The van der Waals surface area contributed by atoms with Crippen LogP contribution in [-0.4, -0.2) is 22.7 Å². The van der Waals surface area contributed by atoms with E-state index in [1.165, 1.54) is 22.2 Å². The topological polar surface area (TPSA) is 77.9 Å². The lowest BCUT2D eigenvalue weighted by atomic mass is 9.86. The highest BCUT2D eigenvalue weighted by Gasteiger charge is 2.47. The van der Waals surface area contributed by atoms with E-state index in [4.69, 9.17) is 0 Å². The molecule has 0 radical (unpaired) electrons. The fraction of sp³-hybridized carbons (Fsp3) is 0.318. The van der Waals surface area contributed by atoms with E-state index < -0.39 is 11.3 Å². The third-order valence-corrected chi connectivity index (χ3v) is 4.81. The largest absolute Gasteiger partial charge is 0.508 e. The van der Waals surface area contributed by atoms with Crippen LogP contribution < -0.4 is 10.0 Å². The smallest absolute Gasteiger partial charge is 0.258 e. The molecule has 1 saturated heterocycles. The minimum absolute atomic E-state index is 0.0162. The quantitative estimate of drug-likeness (QED) is 0.803. The highest BCUT2D eigenvalue weighted by Crippen LogP contribution is 2.34. The molecule has 2 aromatic carbocycles. The molecule has 1 atom stereocenters. The number of rotatable bonds is 5. The van der Waals surface area contributed by atoms with E-state index in [-0.39, 0.29) is 36.2 Å². The van der Waals surface area contributed by atoms with Crippen LogP contribution in [0.1, 0.15) is 33.6 Å². The van der Waals surface area contributed by atoms with Crippen LogP contribution in [0.3, 0.4) is 0 Å². The minimum atomic E-state index is -0.916. The van der Waals surface area contributed by atoms with Crippen molar-refractivity contribution in [2.75, 3.05) is 10.0 Å². The van der Waals surface area contributed by atoms with Crippen molar-refractivity contribution < 1.29 is 19.5 Å². The summed E-state index contributed by atoms with van der Waals surface area (Å²) in [6, 6.07) is 15.0. The molecular weight excluding hydrogens is 356 g/mol. The van der Waals surface area contributed by atoms with Crippen molar-refractivity contribution in [2.45, 2.75) is 33.6 Å². The normalized spacial score (nSPS) is 17.3. The van der Waals surface area contributed by atoms with Crippen molar-refractivity contribution >= 4 is 29.0 Å². The Labute approximate surface area is 164 Å². The lowest BCUT2D eigenvalue weighted by Gasteiger charge is -2.27. The van der Waals surface area contributed by atoms with E-state index in [9.17, 15) is 19.5 Å². The molecule has 1 heterocycles. The minimum Gasteiger partial charge on any atom is -0.508 e. The SMILES string of the molecule is CC(C)(C)C(=O)CCC1C(=O)N(c2ccccc2)N(c2ccc(O)cc2)C1=O. The fourth-order valence-electron chi connectivity index (χ4n) is 3.14. The summed E-state index contributed by atoms with van der Waals surface area (Å²) in [4.78, 5) is 38.6. The average Bonchev–Trinajstić information content (AvgIpc) is 2.90. The van der Waals surface area contributed by atoms with Gasteiger partial charge in [0.2, 0.25) is 0 Å². The van der Waals surface area contributed by atoms with Gasteiger partial charge < -0.3 is 5.11 Å². The van der Waals surface area contributed by atoms with Gasteiger partial charge in [-0.15, -0.1) is 0 Å². The van der Waals surface area contributed by atoms with E-state index in [2.05, 4.69) is 0 Å². The Morgan fingerprint density at radius 1 is 0.893 bits per heavy atom. The molecule has 2 aromatic rings. The van der Waals surface area contributed by atoms with Gasteiger partial charge in [0, 0.05) is 11.8 Å². The van der Waals surface area contributed by atoms with Crippen molar-refractivity contribution in [2.24, 2.45) is 11.3 Å². The number of hydrogen-bond acceptors (Lipinski definition) is 4. The van der Waals surface area contributed by atoms with Crippen LogP contribution >= 0.6 is 0 Å². The summed E-state index contributed by atoms with van der Waals surface area (Å²) in [5.74, 6) is -1.56. The van der Waals surface area contributed by atoms with Crippen LogP contribution in [0.15, 0.2) is 54.6 Å². The van der Waals surface area contributed by atoms with Crippen LogP contribution in [0, 0.1) is 11.3 Å². The summed E-state index contributed by atoms with van der Waals surface area (Å²) in [5, 5.41) is 12.2. The number of hydrazine groups is 1. The van der Waals surface area contributed by atoms with E-state index in [0.717, 1.165) is 0 Å². The first-order valence-corrected chi connectivity index (χ1v) is 9.25. The van der Waals surface area contributed by atoms with E-state index in [0.29, 0.717) is 11.4 Å². The molecular formula is C22H24N2O4. The zero-order valence-electron chi connectivity index (χ0n) is 16.3. The highest BCUT2D eigenvalue weighted by atomic mass is 16.3. The number of carbonyl (C=O) groups excluding carboxylic acids is 3. The van der Waals surface area contributed by atoms with Gasteiger partial charge in [-0.05, 0) is 42.8 Å². The summed E-state index contributed by atoms with van der Waals surface area (Å²) in [6.45, 7) is 5.48. The molecule has 6 heteroatoms. The van der Waals surface area contributed by atoms with Gasteiger partial charge in [-0.1, -0.05) is 39.0 Å². The summed E-state index contributed by atoms with van der Waals surface area (Å²) in [7, 11) is 0. The number of aromatic hydroxyl groups is 1. The second-order valence-corrected chi connectivity index (χ2v) is 7.92. The van der Waals surface area contributed by atoms with Crippen molar-refractivity contribution in [3.8, 4) is 5.75 Å². The molecule has 0 aliphatic carbocycles. The van der Waals surface area contributed by atoms with Crippen molar-refractivity contribution in [3.05, 3.63) is 54.6 Å². The van der Waals surface area contributed by atoms with Gasteiger partial charge in [-0.25, -0.2) is 10.0 Å². The molecule has 0 aromatic heterocycles. The van der Waals surface area contributed by atoms with Crippen LogP contribution in [0.4, 0.5) is 11.4 Å². The van der Waals surface area contributed by atoms with Crippen LogP contribution in [-0.2, 0) is 14.4 Å². The molecule has 0 saturated carbocycles. The summed E-state index contributed by atoms with van der Waals surface area (Å²) in [5.41, 5.74) is 0.531. The summed E-state index contributed by atoms with van der Waals surface area (Å²) >= 11 is 0.